The van der Waals surface area contributed by atoms with Crippen LogP contribution in [0.4, 0.5) is 17.2 Å². The molecule has 2 rings (SSSR count). The van der Waals surface area contributed by atoms with E-state index in [1.807, 2.05) is 0 Å². The van der Waals surface area contributed by atoms with Crippen molar-refractivity contribution in [3.8, 4) is 0 Å². The third kappa shape index (κ3) is 2.58. The highest BCUT2D eigenvalue weighted by Crippen LogP contribution is 2.22. The largest absolute Gasteiger partial charge is 0.393 e. The second-order valence-electron chi connectivity index (χ2n) is 4.28. The molecule has 8 heteroatoms. The summed E-state index contributed by atoms with van der Waals surface area (Å²) in [6, 6.07) is 5.55. The Balaban J connectivity index is 2.24. The van der Waals surface area contributed by atoms with Crippen molar-refractivity contribution in [3.63, 3.8) is 0 Å². The summed E-state index contributed by atoms with van der Waals surface area (Å²) < 4.78 is 1.53. The van der Waals surface area contributed by atoms with E-state index in [9.17, 15) is 14.9 Å². The molecule has 0 spiro atoms. The second-order valence-corrected chi connectivity index (χ2v) is 4.28. The fourth-order valence-electron chi connectivity index (χ4n) is 1.78. The van der Waals surface area contributed by atoms with Gasteiger partial charge in [-0.05, 0) is 19.1 Å². The van der Waals surface area contributed by atoms with Crippen LogP contribution in [0.2, 0.25) is 0 Å². The monoisotopic (exact) mass is 275 g/mol. The maximum atomic E-state index is 12.0. The third-order valence-corrected chi connectivity index (χ3v) is 2.73. The fourth-order valence-corrected chi connectivity index (χ4v) is 1.78. The molecule has 1 heterocycles. The van der Waals surface area contributed by atoms with Crippen molar-refractivity contribution < 1.29 is 9.72 Å². The summed E-state index contributed by atoms with van der Waals surface area (Å²) in [5, 5.41) is 17.4. The van der Waals surface area contributed by atoms with Gasteiger partial charge >= 0.3 is 0 Å². The molecule has 3 N–H and O–H groups in total. The number of carbonyl (C=O) groups is 1. The lowest BCUT2D eigenvalue weighted by molar-refractivity contribution is -0.383. The van der Waals surface area contributed by atoms with Crippen LogP contribution in [0.25, 0.3) is 0 Å². The van der Waals surface area contributed by atoms with Gasteiger partial charge in [-0.3, -0.25) is 19.6 Å². The van der Waals surface area contributed by atoms with Gasteiger partial charge in [-0.1, -0.05) is 0 Å². The van der Waals surface area contributed by atoms with Crippen molar-refractivity contribution in [1.29, 1.82) is 0 Å². The maximum absolute atomic E-state index is 12.0. The lowest BCUT2D eigenvalue weighted by Gasteiger charge is -2.06. The zero-order valence-electron chi connectivity index (χ0n) is 11.0. The van der Waals surface area contributed by atoms with E-state index in [4.69, 9.17) is 5.73 Å². The molecule has 0 bridgehead atoms. The number of aromatic nitrogens is 2. The van der Waals surface area contributed by atoms with Crippen LogP contribution in [-0.2, 0) is 7.05 Å². The van der Waals surface area contributed by atoms with Gasteiger partial charge in [0.1, 0.15) is 11.5 Å². The molecular weight excluding hydrogens is 262 g/mol. The Hall–Kier alpha value is -2.90. The van der Waals surface area contributed by atoms with Crippen LogP contribution in [0, 0.1) is 17.0 Å². The Morgan fingerprint density at radius 2 is 2.15 bits per heavy atom. The minimum Gasteiger partial charge on any atom is -0.393 e. The lowest BCUT2D eigenvalue weighted by atomic mass is 10.1. The van der Waals surface area contributed by atoms with Crippen molar-refractivity contribution in [2.75, 3.05) is 11.1 Å². The molecule has 0 unspecified atom stereocenters. The summed E-state index contributed by atoms with van der Waals surface area (Å²) in [5.41, 5.74) is 6.28. The number of nitro benzene ring substituents is 1. The Morgan fingerprint density at radius 1 is 1.45 bits per heavy atom. The van der Waals surface area contributed by atoms with Gasteiger partial charge in [0.25, 0.3) is 11.6 Å². The number of nitrogen functional groups attached to an aromatic ring is 1. The first-order chi connectivity index (χ1) is 9.38. The first-order valence-corrected chi connectivity index (χ1v) is 5.74. The average molecular weight is 275 g/mol. The first kappa shape index (κ1) is 13.5. The summed E-state index contributed by atoms with van der Waals surface area (Å²) in [7, 11) is 1.70. The molecule has 1 amide bonds. The normalized spacial score (nSPS) is 10.3. The van der Waals surface area contributed by atoms with Crippen molar-refractivity contribution in [3.05, 3.63) is 45.6 Å². The summed E-state index contributed by atoms with van der Waals surface area (Å²) >= 11 is 0. The summed E-state index contributed by atoms with van der Waals surface area (Å²) in [6.45, 7) is 1.81. The molecular formula is C12H13N5O3. The minimum absolute atomic E-state index is 0.0520. The molecule has 0 fully saturated rings. The molecule has 104 valence electrons. The van der Waals surface area contributed by atoms with Gasteiger partial charge in [0.05, 0.1) is 10.6 Å². The molecule has 1 aromatic carbocycles. The average Bonchev–Trinajstić information content (AvgIpc) is 2.67. The standard InChI is InChI=1S/C12H13N5O3/c1-7-5-11(16(2)15-7)14-12(18)8-3-4-10(17(19)20)9(13)6-8/h3-6H,13H2,1-2H3,(H,14,18). The van der Waals surface area contributed by atoms with E-state index in [-0.39, 0.29) is 16.9 Å². The number of amides is 1. The number of rotatable bonds is 3. The van der Waals surface area contributed by atoms with Crippen LogP contribution >= 0.6 is 0 Å². The highest BCUT2D eigenvalue weighted by Gasteiger charge is 2.15. The molecule has 0 aliphatic carbocycles. The van der Waals surface area contributed by atoms with Crippen LogP contribution in [0.3, 0.4) is 0 Å². The number of carbonyl (C=O) groups excluding carboxylic acids is 1. The molecule has 0 aliphatic rings. The number of nitrogens with zero attached hydrogens (tertiary/aromatic N) is 3. The number of aryl methyl sites for hydroxylation is 2. The molecule has 8 nitrogen and oxygen atoms in total. The van der Waals surface area contributed by atoms with E-state index < -0.39 is 10.8 Å². The summed E-state index contributed by atoms with van der Waals surface area (Å²) in [4.78, 5) is 22.1. The SMILES string of the molecule is Cc1cc(NC(=O)c2ccc([N+](=O)[O-])c(N)c2)n(C)n1. The number of anilines is 2. The number of hydrogen-bond donors (Lipinski definition) is 2. The van der Waals surface area contributed by atoms with Gasteiger partial charge in [-0.2, -0.15) is 5.10 Å². The zero-order valence-corrected chi connectivity index (χ0v) is 11.0. The molecule has 20 heavy (non-hydrogen) atoms. The van der Waals surface area contributed by atoms with Crippen molar-refractivity contribution in [2.45, 2.75) is 6.92 Å². The quantitative estimate of drug-likeness (QED) is 0.500. The van der Waals surface area contributed by atoms with Crippen LogP contribution in [0.15, 0.2) is 24.3 Å². The van der Waals surface area contributed by atoms with Gasteiger partial charge in [0, 0.05) is 24.7 Å². The fraction of sp³-hybridized carbons (Fsp3) is 0.167. The lowest BCUT2D eigenvalue weighted by Crippen LogP contribution is -2.15. The second kappa shape index (κ2) is 5.00. The predicted molar refractivity (Wildman–Crippen MR) is 73.4 cm³/mol. The summed E-state index contributed by atoms with van der Waals surface area (Å²) in [6.07, 6.45) is 0. The van der Waals surface area contributed by atoms with Gasteiger partial charge < -0.3 is 11.1 Å². The third-order valence-electron chi connectivity index (χ3n) is 2.73. The molecule has 0 saturated carbocycles. The Morgan fingerprint density at radius 3 is 2.65 bits per heavy atom. The Bertz CT molecular complexity index is 692. The number of nitro groups is 1. The van der Waals surface area contributed by atoms with Crippen molar-refractivity contribution >= 4 is 23.1 Å². The van der Waals surface area contributed by atoms with Gasteiger partial charge in [-0.15, -0.1) is 0 Å². The van der Waals surface area contributed by atoms with Gasteiger partial charge in [0.2, 0.25) is 0 Å². The van der Waals surface area contributed by atoms with Crippen LogP contribution in [0.1, 0.15) is 16.1 Å². The van der Waals surface area contributed by atoms with Crippen LogP contribution in [0.5, 0.6) is 0 Å². The Kier molecular flexibility index (Phi) is 3.38. The van der Waals surface area contributed by atoms with Crippen LogP contribution < -0.4 is 11.1 Å². The minimum atomic E-state index is -0.596. The van der Waals surface area contributed by atoms with E-state index >= 15 is 0 Å². The number of nitrogens with two attached hydrogens (primary N) is 1. The number of benzene rings is 1. The predicted octanol–water partition coefficient (Wildman–Crippen LogP) is 1.47. The topological polar surface area (TPSA) is 116 Å². The Labute approximate surface area is 114 Å². The first-order valence-electron chi connectivity index (χ1n) is 5.74. The maximum Gasteiger partial charge on any atom is 0.292 e. The van der Waals surface area contributed by atoms with Crippen molar-refractivity contribution in [2.24, 2.45) is 7.05 Å². The molecule has 0 atom stereocenters. The smallest absolute Gasteiger partial charge is 0.292 e. The number of hydrogen-bond acceptors (Lipinski definition) is 5. The van der Waals surface area contributed by atoms with Crippen LogP contribution in [-0.4, -0.2) is 20.6 Å². The molecule has 0 saturated heterocycles. The zero-order chi connectivity index (χ0) is 14.9. The molecule has 1 aromatic heterocycles. The van der Waals surface area contributed by atoms with E-state index in [0.717, 1.165) is 5.69 Å². The van der Waals surface area contributed by atoms with E-state index in [2.05, 4.69) is 10.4 Å². The van der Waals surface area contributed by atoms with E-state index in [1.165, 1.54) is 22.9 Å². The van der Waals surface area contributed by atoms with E-state index in [0.29, 0.717) is 5.82 Å². The van der Waals surface area contributed by atoms with Gasteiger partial charge in [0.15, 0.2) is 0 Å². The van der Waals surface area contributed by atoms with E-state index in [1.54, 1.807) is 20.0 Å². The highest BCUT2D eigenvalue weighted by molar-refractivity contribution is 6.04. The van der Waals surface area contributed by atoms with Crippen molar-refractivity contribution in [1.82, 2.24) is 9.78 Å². The summed E-state index contributed by atoms with van der Waals surface area (Å²) in [5.74, 6) is 0.124. The molecule has 2 aromatic rings. The molecule has 0 radical (unpaired) electrons. The highest BCUT2D eigenvalue weighted by atomic mass is 16.6. The molecule has 0 aliphatic heterocycles. The number of nitrogens with one attached hydrogen (secondary N) is 1. The van der Waals surface area contributed by atoms with Gasteiger partial charge in [-0.25, -0.2) is 0 Å².